The summed E-state index contributed by atoms with van der Waals surface area (Å²) in [5, 5.41) is 3.38. The minimum absolute atomic E-state index is 0.315. The maximum Gasteiger partial charge on any atom is 0.145 e. The molecule has 1 aliphatic rings. The molecule has 18 heavy (non-hydrogen) atoms. The molecule has 0 spiro atoms. The highest BCUT2D eigenvalue weighted by molar-refractivity contribution is 5.24. The number of nitrogens with one attached hydrogen (secondary N) is 1. The van der Waals surface area contributed by atoms with E-state index in [1.807, 2.05) is 0 Å². The smallest absolute Gasteiger partial charge is 0.145 e. The van der Waals surface area contributed by atoms with Crippen LogP contribution in [0.4, 0.5) is 0 Å². The Balaban J connectivity index is 2.22. The summed E-state index contributed by atoms with van der Waals surface area (Å²) in [4.78, 5) is 11.9. The first kappa shape index (κ1) is 13.4. The molecule has 0 aliphatic carbocycles. The van der Waals surface area contributed by atoms with Crippen molar-refractivity contribution in [2.75, 3.05) is 26.2 Å². The third kappa shape index (κ3) is 2.70. The summed E-state index contributed by atoms with van der Waals surface area (Å²) < 4.78 is 0. The molecule has 0 saturated carbocycles. The number of aryl methyl sites for hydroxylation is 2. The fourth-order valence-corrected chi connectivity index (χ4v) is 2.70. The third-order valence-corrected chi connectivity index (χ3v) is 3.86. The Hall–Kier alpha value is -1.00. The normalized spacial score (nSPS) is 18.9. The topological polar surface area (TPSA) is 41.1 Å². The first-order valence-corrected chi connectivity index (χ1v) is 6.92. The van der Waals surface area contributed by atoms with Gasteiger partial charge in [-0.2, -0.15) is 0 Å². The van der Waals surface area contributed by atoms with E-state index in [0.717, 1.165) is 49.8 Å². The average Bonchev–Trinajstić information content (AvgIpc) is 2.38. The Bertz CT molecular complexity index is 387. The predicted molar refractivity (Wildman–Crippen MR) is 73.7 cm³/mol. The van der Waals surface area contributed by atoms with Gasteiger partial charge in [-0.1, -0.05) is 6.92 Å². The molecule has 1 unspecified atom stereocenters. The lowest BCUT2D eigenvalue weighted by Gasteiger charge is -2.32. The average molecular weight is 248 g/mol. The van der Waals surface area contributed by atoms with Crippen molar-refractivity contribution in [2.24, 2.45) is 0 Å². The van der Waals surface area contributed by atoms with Crippen LogP contribution in [0.5, 0.6) is 0 Å². The van der Waals surface area contributed by atoms with Gasteiger partial charge in [0.1, 0.15) is 5.82 Å². The quantitative estimate of drug-likeness (QED) is 0.882. The molecule has 2 rings (SSSR count). The van der Waals surface area contributed by atoms with E-state index in [9.17, 15) is 0 Å². The predicted octanol–water partition coefficient (Wildman–Crippen LogP) is 1.62. The molecule has 1 aliphatic heterocycles. The number of rotatable bonds is 3. The summed E-state index contributed by atoms with van der Waals surface area (Å²) in [6.45, 7) is 12.9. The first-order valence-electron chi connectivity index (χ1n) is 6.92. The van der Waals surface area contributed by atoms with E-state index >= 15 is 0 Å². The number of aromatic nitrogens is 2. The zero-order chi connectivity index (χ0) is 13.1. The molecule has 1 fully saturated rings. The van der Waals surface area contributed by atoms with Crippen LogP contribution in [0, 0.1) is 13.8 Å². The van der Waals surface area contributed by atoms with Crippen LogP contribution in [0.15, 0.2) is 0 Å². The highest BCUT2D eigenvalue weighted by Crippen LogP contribution is 2.20. The van der Waals surface area contributed by atoms with Crippen molar-refractivity contribution in [3.05, 3.63) is 22.8 Å². The zero-order valence-electron chi connectivity index (χ0n) is 12.0. The summed E-state index contributed by atoms with van der Waals surface area (Å²) in [5.41, 5.74) is 3.58. The number of hydrogen-bond donors (Lipinski definition) is 1. The van der Waals surface area contributed by atoms with E-state index in [1.165, 1.54) is 5.56 Å². The number of piperazine rings is 1. The van der Waals surface area contributed by atoms with Gasteiger partial charge in [0.15, 0.2) is 0 Å². The monoisotopic (exact) mass is 248 g/mol. The van der Waals surface area contributed by atoms with Crippen LogP contribution in [0.1, 0.15) is 42.7 Å². The molecule has 0 aromatic carbocycles. The number of nitrogens with zero attached hydrogens (tertiary/aromatic N) is 3. The van der Waals surface area contributed by atoms with E-state index in [0.29, 0.717) is 6.04 Å². The summed E-state index contributed by atoms with van der Waals surface area (Å²) in [5.74, 6) is 0.976. The molecule has 1 N–H and O–H groups in total. The van der Waals surface area contributed by atoms with Crippen LogP contribution in [0.25, 0.3) is 0 Å². The molecule has 0 radical (unpaired) electrons. The molecule has 0 amide bonds. The zero-order valence-corrected chi connectivity index (χ0v) is 12.0. The maximum absolute atomic E-state index is 4.71. The van der Waals surface area contributed by atoms with Crippen LogP contribution < -0.4 is 5.32 Å². The van der Waals surface area contributed by atoms with Crippen molar-refractivity contribution in [2.45, 2.75) is 40.2 Å². The van der Waals surface area contributed by atoms with Crippen molar-refractivity contribution in [1.82, 2.24) is 20.2 Å². The van der Waals surface area contributed by atoms with Gasteiger partial charge in [0.05, 0.1) is 6.04 Å². The lowest BCUT2D eigenvalue weighted by molar-refractivity contribution is 0.179. The molecule has 2 heterocycles. The van der Waals surface area contributed by atoms with Gasteiger partial charge in [-0.05, 0) is 32.8 Å². The molecule has 100 valence electrons. The first-order chi connectivity index (χ1) is 8.63. The van der Waals surface area contributed by atoms with E-state index in [4.69, 9.17) is 9.97 Å². The van der Waals surface area contributed by atoms with E-state index in [-0.39, 0.29) is 0 Å². The summed E-state index contributed by atoms with van der Waals surface area (Å²) >= 11 is 0. The van der Waals surface area contributed by atoms with Gasteiger partial charge in [0, 0.05) is 37.6 Å². The Morgan fingerprint density at radius 2 is 1.72 bits per heavy atom. The van der Waals surface area contributed by atoms with E-state index in [1.54, 1.807) is 0 Å². The molecule has 4 heteroatoms. The fraction of sp³-hybridized carbons (Fsp3) is 0.714. The van der Waals surface area contributed by atoms with Crippen molar-refractivity contribution >= 4 is 0 Å². The molecular formula is C14H24N4. The summed E-state index contributed by atoms with van der Waals surface area (Å²) in [6.07, 6.45) is 1.01. The Morgan fingerprint density at radius 1 is 1.17 bits per heavy atom. The van der Waals surface area contributed by atoms with Gasteiger partial charge in [-0.15, -0.1) is 0 Å². The minimum Gasteiger partial charge on any atom is -0.314 e. The molecule has 0 bridgehead atoms. The lowest BCUT2D eigenvalue weighted by Crippen LogP contribution is -2.44. The second-order valence-corrected chi connectivity index (χ2v) is 5.05. The summed E-state index contributed by atoms with van der Waals surface area (Å²) in [7, 11) is 0. The molecular weight excluding hydrogens is 224 g/mol. The van der Waals surface area contributed by atoms with E-state index < -0.39 is 0 Å². The SMILES string of the molecule is CCc1c(C)nc(C(C)N2CCNCC2)nc1C. The largest absolute Gasteiger partial charge is 0.314 e. The van der Waals surface area contributed by atoms with Crippen molar-refractivity contribution in [3.8, 4) is 0 Å². The Labute approximate surface area is 110 Å². The van der Waals surface area contributed by atoms with Crippen LogP contribution in [-0.4, -0.2) is 41.0 Å². The Morgan fingerprint density at radius 3 is 2.22 bits per heavy atom. The molecule has 1 atom stereocenters. The molecule has 1 aromatic rings. The van der Waals surface area contributed by atoms with Crippen LogP contribution in [0.3, 0.4) is 0 Å². The summed E-state index contributed by atoms with van der Waals surface area (Å²) in [6, 6.07) is 0.315. The minimum atomic E-state index is 0.315. The lowest BCUT2D eigenvalue weighted by atomic mass is 10.1. The van der Waals surface area contributed by atoms with Crippen LogP contribution in [0.2, 0.25) is 0 Å². The Kier molecular flexibility index (Phi) is 4.30. The fourth-order valence-electron chi connectivity index (χ4n) is 2.70. The van der Waals surface area contributed by atoms with Gasteiger partial charge in [-0.25, -0.2) is 9.97 Å². The second-order valence-electron chi connectivity index (χ2n) is 5.05. The standard InChI is InChI=1S/C14H24N4/c1-5-13-10(2)16-14(17-11(13)3)12(4)18-8-6-15-7-9-18/h12,15H,5-9H2,1-4H3. The van der Waals surface area contributed by atoms with Crippen LogP contribution in [-0.2, 0) is 6.42 Å². The highest BCUT2D eigenvalue weighted by atomic mass is 15.2. The highest BCUT2D eigenvalue weighted by Gasteiger charge is 2.21. The van der Waals surface area contributed by atoms with Gasteiger partial charge in [0.2, 0.25) is 0 Å². The van der Waals surface area contributed by atoms with Gasteiger partial charge >= 0.3 is 0 Å². The van der Waals surface area contributed by atoms with Gasteiger partial charge in [0.25, 0.3) is 0 Å². The van der Waals surface area contributed by atoms with Crippen molar-refractivity contribution in [3.63, 3.8) is 0 Å². The van der Waals surface area contributed by atoms with Gasteiger partial charge < -0.3 is 5.32 Å². The molecule has 1 saturated heterocycles. The van der Waals surface area contributed by atoms with Crippen molar-refractivity contribution in [1.29, 1.82) is 0 Å². The van der Waals surface area contributed by atoms with Crippen molar-refractivity contribution < 1.29 is 0 Å². The maximum atomic E-state index is 4.71. The van der Waals surface area contributed by atoms with E-state index in [2.05, 4.69) is 37.9 Å². The molecule has 1 aromatic heterocycles. The second kappa shape index (κ2) is 5.76. The molecule has 4 nitrogen and oxygen atoms in total. The van der Waals surface area contributed by atoms with Crippen LogP contribution >= 0.6 is 0 Å². The third-order valence-electron chi connectivity index (χ3n) is 3.86. The van der Waals surface area contributed by atoms with Gasteiger partial charge in [-0.3, -0.25) is 4.90 Å². The number of hydrogen-bond acceptors (Lipinski definition) is 4.